The van der Waals surface area contributed by atoms with Crippen LogP contribution in [-0.2, 0) is 14.3 Å². The van der Waals surface area contributed by atoms with Crippen molar-refractivity contribution in [3.05, 3.63) is 33.9 Å². The van der Waals surface area contributed by atoms with Gasteiger partial charge >= 0.3 is 11.8 Å². The maximum absolute atomic E-state index is 11.8. The summed E-state index contributed by atoms with van der Waals surface area (Å²) in [5.41, 5.74) is 0.431. The van der Waals surface area contributed by atoms with Crippen LogP contribution in [0.15, 0.2) is 18.2 Å². The van der Waals surface area contributed by atoms with E-state index in [0.717, 1.165) is 12.8 Å². The Morgan fingerprint density at radius 3 is 2.82 bits per heavy atom. The second-order valence-electron chi connectivity index (χ2n) is 5.08. The van der Waals surface area contributed by atoms with Crippen molar-refractivity contribution in [3.8, 4) is 0 Å². The number of hydrogen-bond donors (Lipinski definition) is 2. The third kappa shape index (κ3) is 4.01. The molecule has 1 aromatic rings. The van der Waals surface area contributed by atoms with E-state index in [1.54, 1.807) is 13.0 Å². The van der Waals surface area contributed by atoms with Crippen molar-refractivity contribution in [2.24, 2.45) is 0 Å². The van der Waals surface area contributed by atoms with Gasteiger partial charge in [0.15, 0.2) is 0 Å². The number of carbonyl (C=O) groups is 2. The number of rotatable bonds is 4. The van der Waals surface area contributed by atoms with E-state index in [9.17, 15) is 19.7 Å². The minimum Gasteiger partial charge on any atom is -0.376 e. The Bertz CT molecular complexity index is 596. The zero-order valence-electron chi connectivity index (χ0n) is 12.1. The van der Waals surface area contributed by atoms with Gasteiger partial charge in [-0.1, -0.05) is 6.07 Å². The second kappa shape index (κ2) is 6.99. The summed E-state index contributed by atoms with van der Waals surface area (Å²) in [5.74, 6) is -1.78. The Hall–Kier alpha value is -2.48. The summed E-state index contributed by atoms with van der Waals surface area (Å²) >= 11 is 0. The largest absolute Gasteiger partial charge is 0.376 e. The predicted molar refractivity (Wildman–Crippen MR) is 78.4 cm³/mol. The number of benzene rings is 1. The first-order chi connectivity index (χ1) is 10.5. The quantitative estimate of drug-likeness (QED) is 0.492. The van der Waals surface area contributed by atoms with Crippen LogP contribution in [0.25, 0.3) is 0 Å². The minimum atomic E-state index is -0.940. The van der Waals surface area contributed by atoms with Gasteiger partial charge in [-0.3, -0.25) is 19.7 Å². The molecule has 22 heavy (non-hydrogen) atoms. The first-order valence-corrected chi connectivity index (χ1v) is 6.93. The molecule has 1 aromatic carbocycles. The zero-order chi connectivity index (χ0) is 16.1. The highest BCUT2D eigenvalue weighted by Gasteiger charge is 2.22. The van der Waals surface area contributed by atoms with Gasteiger partial charge in [-0.2, -0.15) is 0 Å². The average Bonchev–Trinajstić information content (AvgIpc) is 2.99. The van der Waals surface area contributed by atoms with Crippen LogP contribution in [-0.4, -0.2) is 36.0 Å². The van der Waals surface area contributed by atoms with E-state index in [1.165, 1.54) is 12.1 Å². The lowest BCUT2D eigenvalue weighted by molar-refractivity contribution is -0.384. The Morgan fingerprint density at radius 1 is 1.41 bits per heavy atom. The number of ether oxygens (including phenoxy) is 1. The van der Waals surface area contributed by atoms with Crippen LogP contribution in [0.4, 0.5) is 11.4 Å². The summed E-state index contributed by atoms with van der Waals surface area (Å²) in [5, 5.41) is 15.7. The Morgan fingerprint density at radius 2 is 2.18 bits per heavy atom. The SMILES string of the molecule is Cc1ccc(NC(=O)C(=O)NCC2CCCO2)c([N+](=O)[O-])c1. The molecule has 1 heterocycles. The van der Waals surface area contributed by atoms with Gasteiger partial charge in [0.1, 0.15) is 5.69 Å². The molecule has 0 aliphatic carbocycles. The lowest BCUT2D eigenvalue weighted by atomic mass is 10.2. The summed E-state index contributed by atoms with van der Waals surface area (Å²) in [7, 11) is 0. The molecule has 2 rings (SSSR count). The van der Waals surface area contributed by atoms with Gasteiger partial charge in [-0.25, -0.2) is 0 Å². The fraction of sp³-hybridized carbons (Fsp3) is 0.429. The number of nitrogens with one attached hydrogen (secondary N) is 2. The molecule has 0 aromatic heterocycles. The summed E-state index contributed by atoms with van der Waals surface area (Å²) in [6, 6.07) is 4.35. The van der Waals surface area contributed by atoms with E-state index in [0.29, 0.717) is 12.2 Å². The van der Waals surface area contributed by atoms with Gasteiger partial charge in [-0.05, 0) is 31.4 Å². The molecular formula is C14H17N3O5. The van der Waals surface area contributed by atoms with E-state index in [4.69, 9.17) is 4.74 Å². The number of nitro benzene ring substituents is 1. The minimum absolute atomic E-state index is 0.00661. The molecule has 2 N–H and O–H groups in total. The van der Waals surface area contributed by atoms with E-state index < -0.39 is 16.7 Å². The number of nitro groups is 1. The summed E-state index contributed by atoms with van der Waals surface area (Å²) < 4.78 is 5.33. The number of hydrogen-bond acceptors (Lipinski definition) is 5. The van der Waals surface area contributed by atoms with Crippen LogP contribution < -0.4 is 10.6 Å². The molecule has 1 unspecified atom stereocenters. The highest BCUT2D eigenvalue weighted by molar-refractivity contribution is 6.39. The predicted octanol–water partition coefficient (Wildman–Crippen LogP) is 1.14. The topological polar surface area (TPSA) is 111 Å². The van der Waals surface area contributed by atoms with Crippen molar-refractivity contribution in [2.75, 3.05) is 18.5 Å². The molecule has 0 saturated carbocycles. The molecular weight excluding hydrogens is 290 g/mol. The molecule has 118 valence electrons. The van der Waals surface area contributed by atoms with Crippen molar-refractivity contribution in [1.29, 1.82) is 0 Å². The fourth-order valence-corrected chi connectivity index (χ4v) is 2.17. The highest BCUT2D eigenvalue weighted by Crippen LogP contribution is 2.25. The van der Waals surface area contributed by atoms with Crippen molar-refractivity contribution < 1.29 is 19.2 Å². The van der Waals surface area contributed by atoms with Crippen LogP contribution in [0, 0.1) is 17.0 Å². The van der Waals surface area contributed by atoms with Gasteiger partial charge in [-0.15, -0.1) is 0 Å². The third-order valence-electron chi connectivity index (χ3n) is 3.32. The van der Waals surface area contributed by atoms with E-state index >= 15 is 0 Å². The first kappa shape index (κ1) is 15.9. The Balaban J connectivity index is 1.96. The molecule has 8 heteroatoms. The second-order valence-corrected chi connectivity index (χ2v) is 5.08. The van der Waals surface area contributed by atoms with Crippen LogP contribution in [0.3, 0.4) is 0 Å². The Kier molecular flexibility index (Phi) is 5.05. The number of nitrogens with zero attached hydrogens (tertiary/aromatic N) is 1. The molecule has 2 amide bonds. The lowest BCUT2D eigenvalue weighted by Crippen LogP contribution is -2.39. The molecule has 0 bridgehead atoms. The van der Waals surface area contributed by atoms with Gasteiger partial charge in [0.25, 0.3) is 5.69 Å². The normalized spacial score (nSPS) is 17.0. The van der Waals surface area contributed by atoms with Gasteiger partial charge in [0.2, 0.25) is 0 Å². The number of aryl methyl sites for hydroxylation is 1. The highest BCUT2D eigenvalue weighted by atomic mass is 16.6. The van der Waals surface area contributed by atoms with Gasteiger partial charge in [0.05, 0.1) is 11.0 Å². The molecule has 1 aliphatic heterocycles. The maximum Gasteiger partial charge on any atom is 0.313 e. The van der Waals surface area contributed by atoms with Crippen LogP contribution in [0.2, 0.25) is 0 Å². The average molecular weight is 307 g/mol. The monoisotopic (exact) mass is 307 g/mol. The summed E-state index contributed by atoms with van der Waals surface area (Å²) in [6.07, 6.45) is 1.69. The number of anilines is 1. The van der Waals surface area contributed by atoms with Gasteiger partial charge in [0, 0.05) is 19.2 Å². The number of carbonyl (C=O) groups excluding carboxylic acids is 2. The van der Waals surface area contributed by atoms with Crippen LogP contribution >= 0.6 is 0 Å². The lowest BCUT2D eigenvalue weighted by Gasteiger charge is -2.11. The Labute approximate surface area is 127 Å². The molecule has 1 fully saturated rings. The molecule has 8 nitrogen and oxygen atoms in total. The van der Waals surface area contributed by atoms with E-state index in [-0.39, 0.29) is 24.0 Å². The van der Waals surface area contributed by atoms with Crippen LogP contribution in [0.1, 0.15) is 18.4 Å². The van der Waals surface area contributed by atoms with Crippen molar-refractivity contribution in [2.45, 2.75) is 25.9 Å². The maximum atomic E-state index is 11.8. The van der Waals surface area contributed by atoms with Crippen molar-refractivity contribution in [3.63, 3.8) is 0 Å². The van der Waals surface area contributed by atoms with Crippen LogP contribution in [0.5, 0.6) is 0 Å². The van der Waals surface area contributed by atoms with Crippen molar-refractivity contribution in [1.82, 2.24) is 5.32 Å². The van der Waals surface area contributed by atoms with Crippen molar-refractivity contribution >= 4 is 23.2 Å². The summed E-state index contributed by atoms with van der Waals surface area (Å²) in [4.78, 5) is 33.9. The first-order valence-electron chi connectivity index (χ1n) is 6.93. The molecule has 1 atom stereocenters. The molecule has 0 radical (unpaired) electrons. The molecule has 1 saturated heterocycles. The fourth-order valence-electron chi connectivity index (χ4n) is 2.17. The molecule has 1 aliphatic rings. The summed E-state index contributed by atoms with van der Waals surface area (Å²) in [6.45, 7) is 2.61. The third-order valence-corrected chi connectivity index (χ3v) is 3.32. The zero-order valence-corrected chi connectivity index (χ0v) is 12.1. The standard InChI is InChI=1S/C14H17N3O5/c1-9-4-5-11(12(7-9)17(20)21)16-14(19)13(18)15-8-10-3-2-6-22-10/h4-5,7,10H,2-3,6,8H2,1H3,(H,15,18)(H,16,19). The van der Waals surface area contributed by atoms with Gasteiger partial charge < -0.3 is 15.4 Å². The van der Waals surface area contributed by atoms with E-state index in [1.807, 2.05) is 0 Å². The van der Waals surface area contributed by atoms with E-state index in [2.05, 4.69) is 10.6 Å². The smallest absolute Gasteiger partial charge is 0.313 e. The molecule has 0 spiro atoms. The number of amides is 2.